The molecule has 1 aliphatic rings. The van der Waals surface area contributed by atoms with E-state index in [4.69, 9.17) is 4.74 Å². The van der Waals surface area contributed by atoms with E-state index >= 15 is 0 Å². The van der Waals surface area contributed by atoms with Crippen molar-refractivity contribution < 1.29 is 22.7 Å². The second kappa shape index (κ2) is 8.08. The van der Waals surface area contributed by atoms with Gasteiger partial charge in [-0.1, -0.05) is 13.0 Å². The Morgan fingerprint density at radius 3 is 2.84 bits per heavy atom. The molecule has 1 fully saturated rings. The Labute approximate surface area is 146 Å². The van der Waals surface area contributed by atoms with Gasteiger partial charge in [0.05, 0.1) is 11.0 Å². The maximum absolute atomic E-state index is 12.7. The van der Waals surface area contributed by atoms with Gasteiger partial charge in [-0.15, -0.1) is 0 Å². The average molecular weight is 358 g/mol. The van der Waals surface area contributed by atoms with Crippen molar-refractivity contribution >= 4 is 5.91 Å². The first-order valence-corrected chi connectivity index (χ1v) is 8.55. The Hall–Kier alpha value is -1.76. The largest absolute Gasteiger partial charge is 0.492 e. The maximum Gasteiger partial charge on any atom is 0.416 e. The molecule has 7 heteroatoms. The van der Waals surface area contributed by atoms with Crippen LogP contribution in [0.4, 0.5) is 13.2 Å². The number of benzene rings is 1. The lowest BCUT2D eigenvalue weighted by Gasteiger charge is -2.23. The summed E-state index contributed by atoms with van der Waals surface area (Å²) < 4.78 is 43.5. The molecule has 1 aromatic carbocycles. The quantitative estimate of drug-likeness (QED) is 0.813. The van der Waals surface area contributed by atoms with E-state index in [1.54, 1.807) is 0 Å². The zero-order valence-electron chi connectivity index (χ0n) is 14.7. The van der Waals surface area contributed by atoms with Crippen LogP contribution in [0.15, 0.2) is 24.3 Å². The summed E-state index contributed by atoms with van der Waals surface area (Å²) in [5.74, 6) is 0.271. The lowest BCUT2D eigenvalue weighted by atomic mass is 9.89. The number of rotatable bonds is 7. The molecule has 0 radical (unpaired) electrons. The van der Waals surface area contributed by atoms with E-state index in [1.165, 1.54) is 12.1 Å². The molecule has 1 amide bonds. The van der Waals surface area contributed by atoms with Crippen LogP contribution in [-0.4, -0.2) is 43.6 Å². The third-order valence-electron chi connectivity index (χ3n) is 4.47. The molecule has 1 unspecified atom stereocenters. The summed E-state index contributed by atoms with van der Waals surface area (Å²) in [7, 11) is 0. The maximum atomic E-state index is 12.7. The van der Waals surface area contributed by atoms with Crippen LogP contribution in [0.2, 0.25) is 0 Å². The highest BCUT2D eigenvalue weighted by Gasteiger charge is 2.39. The average Bonchev–Trinajstić information content (AvgIpc) is 2.95. The van der Waals surface area contributed by atoms with Crippen LogP contribution in [-0.2, 0) is 11.0 Å². The molecule has 1 aromatic rings. The molecule has 0 bridgehead atoms. The van der Waals surface area contributed by atoms with Gasteiger partial charge in [0.25, 0.3) is 0 Å². The first-order valence-electron chi connectivity index (χ1n) is 8.55. The van der Waals surface area contributed by atoms with E-state index in [1.807, 2.05) is 13.8 Å². The number of alkyl halides is 3. The highest BCUT2D eigenvalue weighted by atomic mass is 19.4. The summed E-state index contributed by atoms with van der Waals surface area (Å²) in [4.78, 5) is 14.3. The SMILES string of the molecule is CCCNC(=O)C1(C)CCN(CCOc2cccc(C(F)(F)F)c2)C1. The van der Waals surface area contributed by atoms with Crippen LogP contribution < -0.4 is 10.1 Å². The number of amides is 1. The number of ether oxygens (including phenoxy) is 1. The Morgan fingerprint density at radius 1 is 1.40 bits per heavy atom. The van der Waals surface area contributed by atoms with Crippen molar-refractivity contribution in [3.63, 3.8) is 0 Å². The molecular formula is C18H25F3N2O2. The van der Waals surface area contributed by atoms with Crippen LogP contribution in [0, 0.1) is 5.41 Å². The Morgan fingerprint density at radius 2 is 2.16 bits per heavy atom. The summed E-state index contributed by atoms with van der Waals surface area (Å²) in [5, 5.41) is 2.93. The highest BCUT2D eigenvalue weighted by molar-refractivity contribution is 5.82. The molecule has 25 heavy (non-hydrogen) atoms. The molecule has 140 valence electrons. The first kappa shape index (κ1) is 19.6. The van der Waals surface area contributed by atoms with E-state index in [9.17, 15) is 18.0 Å². The van der Waals surface area contributed by atoms with Gasteiger partial charge in [0.15, 0.2) is 0 Å². The number of carbonyl (C=O) groups excluding carboxylic acids is 1. The fourth-order valence-corrected chi connectivity index (χ4v) is 2.94. The van der Waals surface area contributed by atoms with Crippen molar-refractivity contribution in [1.29, 1.82) is 0 Å². The molecule has 1 N–H and O–H groups in total. The summed E-state index contributed by atoms with van der Waals surface area (Å²) in [6, 6.07) is 4.88. The molecular weight excluding hydrogens is 333 g/mol. The first-order chi connectivity index (χ1) is 11.7. The molecule has 0 saturated carbocycles. The van der Waals surface area contributed by atoms with Gasteiger partial charge in [-0.3, -0.25) is 9.69 Å². The van der Waals surface area contributed by atoms with Crippen molar-refractivity contribution in [3.05, 3.63) is 29.8 Å². The van der Waals surface area contributed by atoms with Gasteiger partial charge in [0, 0.05) is 19.6 Å². The van der Waals surface area contributed by atoms with Gasteiger partial charge in [-0.05, 0) is 44.5 Å². The minimum absolute atomic E-state index is 0.0654. The van der Waals surface area contributed by atoms with Crippen LogP contribution in [0.25, 0.3) is 0 Å². The van der Waals surface area contributed by atoms with Gasteiger partial charge in [0.2, 0.25) is 5.91 Å². The fraction of sp³-hybridized carbons (Fsp3) is 0.611. The van der Waals surface area contributed by atoms with E-state index in [0.29, 0.717) is 19.6 Å². The number of hydrogen-bond donors (Lipinski definition) is 1. The minimum Gasteiger partial charge on any atom is -0.492 e. The third-order valence-corrected chi connectivity index (χ3v) is 4.47. The van der Waals surface area contributed by atoms with Crippen LogP contribution in [0.5, 0.6) is 5.75 Å². The predicted octanol–water partition coefficient (Wildman–Crippen LogP) is 3.32. The van der Waals surface area contributed by atoms with Gasteiger partial charge < -0.3 is 10.1 Å². The standard InChI is InChI=1S/C18H25F3N2O2/c1-3-8-22-16(24)17(2)7-9-23(13-17)10-11-25-15-6-4-5-14(12-15)18(19,20)21/h4-6,12H,3,7-11,13H2,1-2H3,(H,22,24). The molecule has 0 aromatic heterocycles. The zero-order valence-corrected chi connectivity index (χ0v) is 14.7. The van der Waals surface area contributed by atoms with Crippen molar-refractivity contribution in [2.75, 3.05) is 32.8 Å². The van der Waals surface area contributed by atoms with E-state index < -0.39 is 17.2 Å². The van der Waals surface area contributed by atoms with Gasteiger partial charge in [-0.25, -0.2) is 0 Å². The fourth-order valence-electron chi connectivity index (χ4n) is 2.94. The van der Waals surface area contributed by atoms with Gasteiger partial charge in [0.1, 0.15) is 12.4 Å². The molecule has 2 rings (SSSR count). The van der Waals surface area contributed by atoms with Crippen LogP contribution in [0.3, 0.4) is 0 Å². The number of hydrogen-bond acceptors (Lipinski definition) is 3. The van der Waals surface area contributed by atoms with Crippen molar-refractivity contribution in [2.24, 2.45) is 5.41 Å². The van der Waals surface area contributed by atoms with Crippen molar-refractivity contribution in [2.45, 2.75) is 32.9 Å². The normalized spacial score (nSPS) is 21.3. The summed E-state index contributed by atoms with van der Waals surface area (Å²) in [5.41, 5.74) is -1.13. The number of carbonyl (C=O) groups is 1. The minimum atomic E-state index is -4.37. The molecule has 4 nitrogen and oxygen atoms in total. The summed E-state index contributed by atoms with van der Waals surface area (Å²) in [6.07, 6.45) is -2.70. The van der Waals surface area contributed by atoms with Crippen molar-refractivity contribution in [3.8, 4) is 5.75 Å². The van der Waals surface area contributed by atoms with E-state index in [0.717, 1.165) is 31.5 Å². The lowest BCUT2D eigenvalue weighted by molar-refractivity contribution is -0.137. The Kier molecular flexibility index (Phi) is 6.32. The monoisotopic (exact) mass is 358 g/mol. The second-order valence-electron chi connectivity index (χ2n) is 6.72. The lowest BCUT2D eigenvalue weighted by Crippen LogP contribution is -2.41. The van der Waals surface area contributed by atoms with E-state index in [2.05, 4.69) is 10.2 Å². The summed E-state index contributed by atoms with van der Waals surface area (Å²) >= 11 is 0. The van der Waals surface area contributed by atoms with Crippen molar-refractivity contribution in [1.82, 2.24) is 10.2 Å². The second-order valence-corrected chi connectivity index (χ2v) is 6.72. The highest BCUT2D eigenvalue weighted by Crippen LogP contribution is 2.32. The number of likely N-dealkylation sites (tertiary alicyclic amines) is 1. The smallest absolute Gasteiger partial charge is 0.416 e. The summed E-state index contributed by atoms with van der Waals surface area (Å²) in [6.45, 7) is 6.91. The molecule has 0 aliphatic carbocycles. The number of nitrogens with one attached hydrogen (secondary N) is 1. The molecule has 0 spiro atoms. The zero-order chi connectivity index (χ0) is 18.5. The molecule has 1 saturated heterocycles. The predicted molar refractivity (Wildman–Crippen MR) is 89.4 cm³/mol. The van der Waals surface area contributed by atoms with Crippen LogP contribution in [0.1, 0.15) is 32.3 Å². The Balaban J connectivity index is 1.81. The third kappa shape index (κ3) is 5.36. The van der Waals surface area contributed by atoms with E-state index in [-0.39, 0.29) is 18.3 Å². The molecule has 1 heterocycles. The number of halogens is 3. The van der Waals surface area contributed by atoms with Gasteiger partial charge >= 0.3 is 6.18 Å². The van der Waals surface area contributed by atoms with Crippen LogP contribution >= 0.6 is 0 Å². The topological polar surface area (TPSA) is 41.6 Å². The molecule has 1 atom stereocenters. The number of nitrogens with zero attached hydrogens (tertiary/aromatic N) is 1. The molecule has 1 aliphatic heterocycles. The Bertz CT molecular complexity index is 592. The van der Waals surface area contributed by atoms with Gasteiger partial charge in [-0.2, -0.15) is 13.2 Å².